The zero-order valence-corrected chi connectivity index (χ0v) is 15.6. The van der Waals surface area contributed by atoms with E-state index in [2.05, 4.69) is 27.2 Å². The Morgan fingerprint density at radius 3 is 2.71 bits per heavy atom. The highest BCUT2D eigenvalue weighted by Crippen LogP contribution is 2.40. The molecule has 5 heteroatoms. The van der Waals surface area contributed by atoms with Gasteiger partial charge in [-0.15, -0.1) is 0 Å². The van der Waals surface area contributed by atoms with Crippen LogP contribution in [0.25, 0.3) is 21.8 Å². The van der Waals surface area contributed by atoms with E-state index >= 15 is 0 Å². The molecule has 1 aliphatic carbocycles. The maximum Gasteiger partial charge on any atom is 0.272 e. The van der Waals surface area contributed by atoms with Crippen LogP contribution in [0.4, 0.5) is 0 Å². The van der Waals surface area contributed by atoms with Crippen molar-refractivity contribution in [3.05, 3.63) is 77.6 Å². The molecule has 0 saturated heterocycles. The number of hydrogen-bond acceptors (Lipinski definition) is 3. The van der Waals surface area contributed by atoms with E-state index < -0.39 is 0 Å². The summed E-state index contributed by atoms with van der Waals surface area (Å²) in [7, 11) is 2.00. The Morgan fingerprint density at radius 1 is 1.14 bits per heavy atom. The molecule has 1 saturated carbocycles. The molecular formula is C23H20N4O. The molecule has 5 rings (SSSR count). The van der Waals surface area contributed by atoms with E-state index in [1.807, 2.05) is 55.7 Å². The second-order valence-electron chi connectivity index (χ2n) is 7.30. The zero-order chi connectivity index (χ0) is 19.1. The molecule has 1 fully saturated rings. The van der Waals surface area contributed by atoms with Crippen LogP contribution in [0.2, 0.25) is 0 Å². The number of aromatic nitrogens is 2. The summed E-state index contributed by atoms with van der Waals surface area (Å²) in [6.07, 6.45) is 6.00. The van der Waals surface area contributed by atoms with Gasteiger partial charge in [0.25, 0.3) is 5.91 Å². The Labute approximate surface area is 162 Å². The van der Waals surface area contributed by atoms with E-state index in [1.54, 1.807) is 6.21 Å². The summed E-state index contributed by atoms with van der Waals surface area (Å²) < 4.78 is 2.05. The number of benzene rings is 2. The molecule has 0 spiro atoms. The third-order valence-electron chi connectivity index (χ3n) is 5.27. The molecule has 4 aromatic rings. The van der Waals surface area contributed by atoms with Gasteiger partial charge in [0.2, 0.25) is 0 Å². The van der Waals surface area contributed by atoms with Crippen LogP contribution in [-0.2, 0) is 7.05 Å². The van der Waals surface area contributed by atoms with Crippen molar-refractivity contribution < 1.29 is 4.79 Å². The van der Waals surface area contributed by atoms with Gasteiger partial charge in [-0.1, -0.05) is 36.4 Å². The van der Waals surface area contributed by atoms with Gasteiger partial charge in [-0.25, -0.2) is 5.43 Å². The van der Waals surface area contributed by atoms with E-state index in [9.17, 15) is 4.79 Å². The van der Waals surface area contributed by atoms with Crippen molar-refractivity contribution in [3.8, 4) is 0 Å². The molecule has 1 aliphatic rings. The highest BCUT2D eigenvalue weighted by atomic mass is 16.2. The lowest BCUT2D eigenvalue weighted by Gasteiger charge is -2.08. The molecule has 0 aliphatic heterocycles. The summed E-state index contributed by atoms with van der Waals surface area (Å²) in [5, 5.41) is 6.18. The van der Waals surface area contributed by atoms with Gasteiger partial charge in [-0.3, -0.25) is 9.78 Å². The van der Waals surface area contributed by atoms with Crippen LogP contribution in [0, 0.1) is 0 Å². The first kappa shape index (κ1) is 16.7. The smallest absolute Gasteiger partial charge is 0.272 e. The number of carbonyl (C=O) groups is 1. The number of carbonyl (C=O) groups excluding carboxylic acids is 1. The van der Waals surface area contributed by atoms with Crippen LogP contribution < -0.4 is 5.43 Å². The predicted molar refractivity (Wildman–Crippen MR) is 112 cm³/mol. The molecule has 0 radical (unpaired) electrons. The highest BCUT2D eigenvalue weighted by Gasteiger charge is 2.26. The van der Waals surface area contributed by atoms with Crippen molar-refractivity contribution >= 4 is 33.9 Å². The molecule has 28 heavy (non-hydrogen) atoms. The van der Waals surface area contributed by atoms with E-state index in [-0.39, 0.29) is 5.91 Å². The van der Waals surface area contributed by atoms with E-state index in [4.69, 9.17) is 4.98 Å². The molecule has 0 atom stereocenters. The first-order chi connectivity index (χ1) is 13.7. The van der Waals surface area contributed by atoms with Crippen molar-refractivity contribution in [3.63, 3.8) is 0 Å². The summed E-state index contributed by atoms with van der Waals surface area (Å²) in [5.74, 6) is 0.271. The van der Waals surface area contributed by atoms with E-state index in [1.165, 1.54) is 0 Å². The first-order valence-corrected chi connectivity index (χ1v) is 9.48. The quantitative estimate of drug-likeness (QED) is 0.430. The molecule has 1 amide bonds. The number of amides is 1. The topological polar surface area (TPSA) is 59.3 Å². The summed E-state index contributed by atoms with van der Waals surface area (Å²) in [6, 6.07) is 17.8. The van der Waals surface area contributed by atoms with Gasteiger partial charge in [0.15, 0.2) is 0 Å². The van der Waals surface area contributed by atoms with Gasteiger partial charge in [-0.05, 0) is 31.0 Å². The fourth-order valence-corrected chi connectivity index (χ4v) is 3.67. The lowest BCUT2D eigenvalue weighted by molar-refractivity contribution is 0.0956. The van der Waals surface area contributed by atoms with Gasteiger partial charge in [0.05, 0.1) is 17.3 Å². The number of nitrogens with zero attached hydrogens (tertiary/aromatic N) is 3. The Morgan fingerprint density at radius 2 is 1.89 bits per heavy atom. The minimum absolute atomic E-state index is 0.211. The van der Waals surface area contributed by atoms with Gasteiger partial charge >= 0.3 is 0 Å². The Hall–Kier alpha value is -3.47. The maximum absolute atomic E-state index is 12.9. The van der Waals surface area contributed by atoms with Crippen LogP contribution in [0.15, 0.2) is 65.9 Å². The van der Waals surface area contributed by atoms with Crippen molar-refractivity contribution in [2.75, 3.05) is 0 Å². The molecule has 0 unspecified atom stereocenters. The zero-order valence-electron chi connectivity index (χ0n) is 15.6. The fourth-order valence-electron chi connectivity index (χ4n) is 3.67. The number of aryl methyl sites for hydroxylation is 1. The number of hydrogen-bond donors (Lipinski definition) is 1. The van der Waals surface area contributed by atoms with Crippen LogP contribution in [0.3, 0.4) is 0 Å². The molecule has 0 bridgehead atoms. The Kier molecular flexibility index (Phi) is 3.93. The molecule has 2 aromatic carbocycles. The second kappa shape index (κ2) is 6.60. The van der Waals surface area contributed by atoms with Crippen molar-refractivity contribution in [2.45, 2.75) is 18.8 Å². The summed E-state index contributed by atoms with van der Waals surface area (Å²) in [5.41, 5.74) is 7.28. The molecule has 2 aromatic heterocycles. The Bertz CT molecular complexity index is 1230. The largest absolute Gasteiger partial charge is 0.350 e. The Balaban J connectivity index is 1.45. The number of pyridine rings is 1. The van der Waals surface area contributed by atoms with Crippen LogP contribution in [0.5, 0.6) is 0 Å². The van der Waals surface area contributed by atoms with Gasteiger partial charge in [0, 0.05) is 46.7 Å². The van der Waals surface area contributed by atoms with Gasteiger partial charge in [0.1, 0.15) is 0 Å². The van der Waals surface area contributed by atoms with Gasteiger partial charge < -0.3 is 4.57 Å². The summed E-state index contributed by atoms with van der Waals surface area (Å²) >= 11 is 0. The highest BCUT2D eigenvalue weighted by molar-refractivity contribution is 6.07. The normalized spacial score (nSPS) is 14.2. The second-order valence-corrected chi connectivity index (χ2v) is 7.30. The SMILES string of the molecule is Cn1cc(C=NNC(=O)c2cc(C3CC3)nc3ccccc23)c2ccccc21. The standard InChI is InChI=1S/C23H20N4O/c1-27-14-16(17-6-3-5-9-22(17)27)13-24-26-23(28)19-12-21(15-10-11-15)25-20-8-4-2-7-18(19)20/h2-9,12-15H,10-11H2,1H3,(H,26,28). The third kappa shape index (κ3) is 2.95. The van der Waals surface area contributed by atoms with Crippen molar-refractivity contribution in [1.29, 1.82) is 0 Å². The third-order valence-corrected chi connectivity index (χ3v) is 5.27. The first-order valence-electron chi connectivity index (χ1n) is 9.48. The number of rotatable bonds is 4. The fraction of sp³-hybridized carbons (Fsp3) is 0.174. The number of fused-ring (bicyclic) bond motifs is 2. The summed E-state index contributed by atoms with van der Waals surface area (Å²) in [4.78, 5) is 17.6. The van der Waals surface area contributed by atoms with Gasteiger partial charge in [-0.2, -0.15) is 5.10 Å². The lowest BCUT2D eigenvalue weighted by Crippen LogP contribution is -2.18. The average Bonchev–Trinajstić information content (AvgIpc) is 3.53. The molecule has 138 valence electrons. The van der Waals surface area contributed by atoms with Crippen LogP contribution in [-0.4, -0.2) is 21.7 Å². The average molecular weight is 368 g/mol. The summed E-state index contributed by atoms with van der Waals surface area (Å²) in [6.45, 7) is 0. The predicted octanol–water partition coefficient (Wildman–Crippen LogP) is 4.37. The molecule has 2 heterocycles. The van der Waals surface area contributed by atoms with E-state index in [0.717, 1.165) is 45.9 Å². The number of hydrazone groups is 1. The minimum atomic E-state index is -0.211. The van der Waals surface area contributed by atoms with Crippen LogP contribution >= 0.6 is 0 Å². The monoisotopic (exact) mass is 368 g/mol. The maximum atomic E-state index is 12.9. The molecule has 5 nitrogen and oxygen atoms in total. The number of nitrogens with one attached hydrogen (secondary N) is 1. The molecular weight excluding hydrogens is 348 g/mol. The van der Waals surface area contributed by atoms with Crippen molar-refractivity contribution in [2.24, 2.45) is 12.1 Å². The number of para-hydroxylation sites is 2. The lowest BCUT2D eigenvalue weighted by atomic mass is 10.1. The van der Waals surface area contributed by atoms with Crippen LogP contribution in [0.1, 0.15) is 40.4 Å². The van der Waals surface area contributed by atoms with E-state index in [0.29, 0.717) is 11.5 Å². The minimum Gasteiger partial charge on any atom is -0.350 e. The molecule has 1 N–H and O–H groups in total. The van der Waals surface area contributed by atoms with Crippen molar-refractivity contribution in [1.82, 2.24) is 15.0 Å².